The van der Waals surface area contributed by atoms with E-state index >= 15 is 0 Å². The molecule has 1 atom stereocenters. The Hall–Kier alpha value is -1.16. The fraction of sp³-hybridized carbons (Fsp3) is 0.600. The van der Waals surface area contributed by atoms with Crippen LogP contribution in [0.1, 0.15) is 33.6 Å². The highest BCUT2D eigenvalue weighted by atomic mass is 16.4. The Morgan fingerprint density at radius 1 is 1.43 bits per heavy atom. The molecule has 0 radical (unpaired) electrons. The van der Waals surface area contributed by atoms with Crippen LogP contribution in [0.5, 0.6) is 0 Å². The zero-order valence-electron chi connectivity index (χ0n) is 8.70. The molecule has 14 heavy (non-hydrogen) atoms. The second-order valence-corrected chi connectivity index (χ2v) is 3.45. The first-order valence-electron chi connectivity index (χ1n) is 4.47. The van der Waals surface area contributed by atoms with Crippen molar-refractivity contribution in [1.29, 1.82) is 0 Å². The van der Waals surface area contributed by atoms with Crippen molar-refractivity contribution in [1.82, 2.24) is 0 Å². The van der Waals surface area contributed by atoms with Crippen LogP contribution in [0, 0.1) is 0 Å². The van der Waals surface area contributed by atoms with Gasteiger partial charge in [-0.3, -0.25) is 4.79 Å². The molecule has 1 unspecified atom stereocenters. The van der Waals surface area contributed by atoms with Crippen LogP contribution in [0.15, 0.2) is 11.6 Å². The van der Waals surface area contributed by atoms with Crippen molar-refractivity contribution in [3.05, 3.63) is 11.6 Å². The number of carbonyl (C=O) groups is 2. The fourth-order valence-electron chi connectivity index (χ4n) is 0.934. The third-order valence-corrected chi connectivity index (χ3v) is 2.06. The molecule has 0 aromatic carbocycles. The molecule has 2 N–H and O–H groups in total. The SMILES string of the molecule is CCC(=O)C(C)(O)C/C=C(/C)C(=O)O. The third kappa shape index (κ3) is 3.70. The number of carboxylic acids is 1. The highest BCUT2D eigenvalue weighted by Gasteiger charge is 2.27. The van der Waals surface area contributed by atoms with Gasteiger partial charge in [0.15, 0.2) is 5.78 Å². The maximum atomic E-state index is 11.2. The van der Waals surface area contributed by atoms with Crippen LogP contribution >= 0.6 is 0 Å². The monoisotopic (exact) mass is 200 g/mol. The van der Waals surface area contributed by atoms with E-state index in [4.69, 9.17) is 5.11 Å². The summed E-state index contributed by atoms with van der Waals surface area (Å²) in [5.74, 6) is -1.32. The second kappa shape index (κ2) is 4.91. The van der Waals surface area contributed by atoms with Gasteiger partial charge in [-0.05, 0) is 13.8 Å². The summed E-state index contributed by atoms with van der Waals surface area (Å²) in [7, 11) is 0. The van der Waals surface area contributed by atoms with Gasteiger partial charge in [-0.15, -0.1) is 0 Å². The molecule has 4 heteroatoms. The first-order valence-corrected chi connectivity index (χ1v) is 4.47. The van der Waals surface area contributed by atoms with E-state index in [0.29, 0.717) is 0 Å². The van der Waals surface area contributed by atoms with Gasteiger partial charge in [0.25, 0.3) is 0 Å². The van der Waals surface area contributed by atoms with Gasteiger partial charge in [0.05, 0.1) is 0 Å². The van der Waals surface area contributed by atoms with Gasteiger partial charge in [0, 0.05) is 18.4 Å². The number of hydrogen-bond donors (Lipinski definition) is 2. The number of Topliss-reactive ketones (excluding diaryl/α,β-unsaturated/α-hetero) is 1. The molecular weight excluding hydrogens is 184 g/mol. The van der Waals surface area contributed by atoms with Crippen molar-refractivity contribution in [2.75, 3.05) is 0 Å². The van der Waals surface area contributed by atoms with E-state index in [0.717, 1.165) is 0 Å². The topological polar surface area (TPSA) is 74.6 Å². The lowest BCUT2D eigenvalue weighted by Crippen LogP contribution is -2.34. The largest absolute Gasteiger partial charge is 0.478 e. The molecule has 0 fully saturated rings. The van der Waals surface area contributed by atoms with E-state index in [1.165, 1.54) is 19.9 Å². The van der Waals surface area contributed by atoms with Crippen LogP contribution in [0.3, 0.4) is 0 Å². The van der Waals surface area contributed by atoms with Gasteiger partial charge < -0.3 is 10.2 Å². The lowest BCUT2D eigenvalue weighted by Gasteiger charge is -2.18. The molecule has 0 saturated carbocycles. The summed E-state index contributed by atoms with van der Waals surface area (Å²) in [6.45, 7) is 4.48. The lowest BCUT2D eigenvalue weighted by atomic mass is 9.94. The molecule has 0 rings (SSSR count). The smallest absolute Gasteiger partial charge is 0.330 e. The van der Waals surface area contributed by atoms with Gasteiger partial charge in [-0.25, -0.2) is 4.79 Å². The summed E-state index contributed by atoms with van der Waals surface area (Å²) >= 11 is 0. The maximum absolute atomic E-state index is 11.2. The Morgan fingerprint density at radius 3 is 2.29 bits per heavy atom. The summed E-state index contributed by atoms with van der Waals surface area (Å²) in [5, 5.41) is 18.2. The predicted molar refractivity (Wildman–Crippen MR) is 51.9 cm³/mol. The minimum absolute atomic E-state index is 0.0395. The van der Waals surface area contributed by atoms with Gasteiger partial charge in [0.1, 0.15) is 5.60 Å². The Labute approximate surface area is 83.2 Å². The summed E-state index contributed by atoms with van der Waals surface area (Å²) in [4.78, 5) is 21.6. The molecule has 0 spiro atoms. The fourth-order valence-corrected chi connectivity index (χ4v) is 0.934. The first-order chi connectivity index (χ1) is 6.31. The van der Waals surface area contributed by atoms with Gasteiger partial charge >= 0.3 is 5.97 Å². The molecule has 0 bridgehead atoms. The molecule has 0 aliphatic heterocycles. The normalized spacial score (nSPS) is 16.1. The molecule has 4 nitrogen and oxygen atoms in total. The number of hydrogen-bond acceptors (Lipinski definition) is 3. The van der Waals surface area contributed by atoms with Crippen LogP contribution in [-0.2, 0) is 9.59 Å². The number of aliphatic hydroxyl groups is 1. The Bertz CT molecular complexity index is 263. The van der Waals surface area contributed by atoms with E-state index in [1.807, 2.05) is 0 Å². The van der Waals surface area contributed by atoms with Crippen molar-refractivity contribution in [3.8, 4) is 0 Å². The zero-order valence-corrected chi connectivity index (χ0v) is 8.70. The molecule has 0 amide bonds. The molecule has 0 saturated heterocycles. The van der Waals surface area contributed by atoms with Crippen molar-refractivity contribution < 1.29 is 19.8 Å². The summed E-state index contributed by atoms with van der Waals surface area (Å²) in [6, 6.07) is 0. The molecule has 0 aromatic heterocycles. The summed E-state index contributed by atoms with van der Waals surface area (Å²) in [6.07, 6.45) is 1.64. The Morgan fingerprint density at radius 2 is 1.93 bits per heavy atom. The number of carboxylic acid groups (broad SMARTS) is 1. The van der Waals surface area contributed by atoms with Crippen LogP contribution < -0.4 is 0 Å². The minimum atomic E-state index is -1.45. The Kier molecular flexibility index (Phi) is 4.50. The van der Waals surface area contributed by atoms with Crippen LogP contribution in [-0.4, -0.2) is 27.6 Å². The highest BCUT2D eigenvalue weighted by molar-refractivity contribution is 5.88. The van der Waals surface area contributed by atoms with Gasteiger partial charge in [-0.1, -0.05) is 13.0 Å². The number of aliphatic carboxylic acids is 1. The van der Waals surface area contributed by atoms with Crippen molar-refractivity contribution in [3.63, 3.8) is 0 Å². The van der Waals surface area contributed by atoms with E-state index in [-0.39, 0.29) is 24.2 Å². The first kappa shape index (κ1) is 12.8. The molecule has 80 valence electrons. The third-order valence-electron chi connectivity index (χ3n) is 2.06. The molecule has 0 aromatic rings. The molecule has 0 aliphatic rings. The van der Waals surface area contributed by atoms with E-state index in [9.17, 15) is 14.7 Å². The molecule has 0 heterocycles. The van der Waals surface area contributed by atoms with Crippen molar-refractivity contribution >= 4 is 11.8 Å². The number of rotatable bonds is 5. The molecule has 0 aliphatic carbocycles. The second-order valence-electron chi connectivity index (χ2n) is 3.45. The average Bonchev–Trinajstić information content (AvgIpc) is 2.12. The maximum Gasteiger partial charge on any atom is 0.330 e. The van der Waals surface area contributed by atoms with Crippen LogP contribution in [0.2, 0.25) is 0 Å². The number of ketones is 1. The quantitative estimate of drug-likeness (QED) is 0.652. The van der Waals surface area contributed by atoms with E-state index in [1.54, 1.807) is 6.92 Å². The number of carbonyl (C=O) groups excluding carboxylic acids is 1. The summed E-state index contributed by atoms with van der Waals surface area (Å²) in [5.41, 5.74) is -1.32. The van der Waals surface area contributed by atoms with Gasteiger partial charge in [-0.2, -0.15) is 0 Å². The van der Waals surface area contributed by atoms with E-state index in [2.05, 4.69) is 0 Å². The lowest BCUT2D eigenvalue weighted by molar-refractivity contribution is -0.135. The highest BCUT2D eigenvalue weighted by Crippen LogP contribution is 2.14. The van der Waals surface area contributed by atoms with Crippen LogP contribution in [0.4, 0.5) is 0 Å². The minimum Gasteiger partial charge on any atom is -0.478 e. The van der Waals surface area contributed by atoms with Crippen molar-refractivity contribution in [2.24, 2.45) is 0 Å². The standard InChI is InChI=1S/C10H16O4/c1-4-8(11)10(3,14)6-5-7(2)9(12)13/h5,14H,4,6H2,1-3H3,(H,12,13)/b7-5-. The summed E-state index contributed by atoms with van der Waals surface area (Å²) < 4.78 is 0. The molecular formula is C10H16O4. The van der Waals surface area contributed by atoms with Crippen LogP contribution in [0.25, 0.3) is 0 Å². The van der Waals surface area contributed by atoms with Crippen molar-refractivity contribution in [2.45, 2.75) is 39.2 Å². The van der Waals surface area contributed by atoms with Gasteiger partial charge in [0.2, 0.25) is 0 Å². The Balaban J connectivity index is 4.45. The average molecular weight is 200 g/mol. The zero-order chi connectivity index (χ0) is 11.4. The predicted octanol–water partition coefficient (Wildman–Crippen LogP) is 1.14. The van der Waals surface area contributed by atoms with E-state index < -0.39 is 11.6 Å².